The number of rotatable bonds is 4. The van der Waals surface area contributed by atoms with Crippen LogP contribution in [-0.2, 0) is 14.4 Å². The van der Waals surface area contributed by atoms with Crippen molar-refractivity contribution in [2.45, 2.75) is 19.3 Å². The first kappa shape index (κ1) is 12.5. The lowest BCUT2D eigenvalue weighted by Gasteiger charge is -2.14. The molecule has 16 heavy (non-hydrogen) atoms. The summed E-state index contributed by atoms with van der Waals surface area (Å²) in [7, 11) is 1.48. The molecule has 0 heterocycles. The number of carboxylic acids is 1. The van der Waals surface area contributed by atoms with Crippen LogP contribution in [-0.4, -0.2) is 36.5 Å². The molecular weight excluding hydrogens is 212 g/mol. The third-order valence-corrected chi connectivity index (χ3v) is 2.87. The molecule has 6 heteroatoms. The molecule has 0 aromatic rings. The van der Waals surface area contributed by atoms with Crippen molar-refractivity contribution in [3.05, 3.63) is 0 Å². The molecule has 90 valence electrons. The topological polar surface area (TPSA) is 95.5 Å². The van der Waals surface area contributed by atoms with E-state index in [1.165, 1.54) is 7.05 Å². The smallest absolute Gasteiger partial charge is 0.307 e. The van der Waals surface area contributed by atoms with Crippen LogP contribution < -0.4 is 10.6 Å². The van der Waals surface area contributed by atoms with Crippen LogP contribution in [0.4, 0.5) is 0 Å². The standard InChI is InChI=1S/C10H16N2O4/c1-11-8(13)5-12-9(14)6-3-2-4-7(6)10(15)16/h6-7H,2-5H2,1H3,(H,11,13)(H,12,14)(H,15,16). The lowest BCUT2D eigenvalue weighted by molar-refractivity contribution is -0.146. The lowest BCUT2D eigenvalue weighted by Crippen LogP contribution is -2.40. The van der Waals surface area contributed by atoms with Gasteiger partial charge >= 0.3 is 5.97 Å². The first-order valence-corrected chi connectivity index (χ1v) is 5.27. The maximum atomic E-state index is 11.6. The molecule has 1 rings (SSSR count). The fourth-order valence-corrected chi connectivity index (χ4v) is 1.96. The average Bonchev–Trinajstić information content (AvgIpc) is 2.74. The zero-order valence-corrected chi connectivity index (χ0v) is 9.16. The molecule has 0 aromatic heterocycles. The Bertz CT molecular complexity index is 303. The molecule has 1 saturated carbocycles. The first-order chi connectivity index (χ1) is 7.56. The van der Waals surface area contributed by atoms with Gasteiger partial charge in [-0.2, -0.15) is 0 Å². The Balaban J connectivity index is 2.47. The zero-order chi connectivity index (χ0) is 12.1. The molecular formula is C10H16N2O4. The number of nitrogens with one attached hydrogen (secondary N) is 2. The van der Waals surface area contributed by atoms with Crippen molar-refractivity contribution >= 4 is 17.8 Å². The normalized spacial score (nSPS) is 23.8. The van der Waals surface area contributed by atoms with Gasteiger partial charge in [0.2, 0.25) is 11.8 Å². The highest BCUT2D eigenvalue weighted by atomic mass is 16.4. The van der Waals surface area contributed by atoms with Gasteiger partial charge in [0, 0.05) is 7.05 Å². The molecule has 1 fully saturated rings. The Labute approximate surface area is 93.4 Å². The van der Waals surface area contributed by atoms with E-state index in [-0.39, 0.29) is 18.4 Å². The summed E-state index contributed by atoms with van der Waals surface area (Å²) in [6.45, 7) is -0.0990. The highest BCUT2D eigenvalue weighted by Crippen LogP contribution is 2.31. The summed E-state index contributed by atoms with van der Waals surface area (Å²) in [6.07, 6.45) is 1.86. The maximum absolute atomic E-state index is 11.6. The van der Waals surface area contributed by atoms with Gasteiger partial charge in [0.25, 0.3) is 0 Å². The van der Waals surface area contributed by atoms with E-state index in [1.54, 1.807) is 0 Å². The van der Waals surface area contributed by atoms with E-state index in [0.717, 1.165) is 6.42 Å². The van der Waals surface area contributed by atoms with Crippen LogP contribution in [0.1, 0.15) is 19.3 Å². The van der Waals surface area contributed by atoms with Gasteiger partial charge in [0.1, 0.15) is 0 Å². The molecule has 1 aliphatic rings. The summed E-state index contributed by atoms with van der Waals surface area (Å²) < 4.78 is 0. The van der Waals surface area contributed by atoms with Gasteiger partial charge < -0.3 is 15.7 Å². The van der Waals surface area contributed by atoms with Crippen LogP contribution in [0.5, 0.6) is 0 Å². The summed E-state index contributed by atoms with van der Waals surface area (Å²) in [5, 5.41) is 13.7. The zero-order valence-electron chi connectivity index (χ0n) is 9.16. The van der Waals surface area contributed by atoms with Crippen LogP contribution in [0.25, 0.3) is 0 Å². The highest BCUT2D eigenvalue weighted by molar-refractivity contribution is 5.88. The number of hydrogen-bond donors (Lipinski definition) is 3. The van der Waals surface area contributed by atoms with E-state index in [4.69, 9.17) is 5.11 Å². The maximum Gasteiger partial charge on any atom is 0.307 e. The number of hydrogen-bond acceptors (Lipinski definition) is 3. The van der Waals surface area contributed by atoms with E-state index in [1.807, 2.05) is 0 Å². The average molecular weight is 228 g/mol. The minimum absolute atomic E-state index is 0.0990. The Morgan fingerprint density at radius 1 is 1.25 bits per heavy atom. The van der Waals surface area contributed by atoms with Crippen LogP contribution in [0.3, 0.4) is 0 Å². The molecule has 0 radical (unpaired) electrons. The lowest BCUT2D eigenvalue weighted by atomic mass is 9.95. The third-order valence-electron chi connectivity index (χ3n) is 2.87. The summed E-state index contributed by atoms with van der Waals surface area (Å²) >= 11 is 0. The largest absolute Gasteiger partial charge is 0.481 e. The van der Waals surface area contributed by atoms with E-state index in [9.17, 15) is 14.4 Å². The molecule has 2 unspecified atom stereocenters. The number of carboxylic acid groups (broad SMARTS) is 1. The van der Waals surface area contributed by atoms with E-state index >= 15 is 0 Å². The van der Waals surface area contributed by atoms with Crippen molar-refractivity contribution < 1.29 is 19.5 Å². The first-order valence-electron chi connectivity index (χ1n) is 5.27. The van der Waals surface area contributed by atoms with E-state index in [2.05, 4.69) is 10.6 Å². The van der Waals surface area contributed by atoms with Crippen molar-refractivity contribution in [2.75, 3.05) is 13.6 Å². The number of carbonyl (C=O) groups excluding carboxylic acids is 2. The predicted octanol–water partition coefficient (Wildman–Crippen LogP) is -0.651. The number of amides is 2. The number of aliphatic carboxylic acids is 1. The van der Waals surface area contributed by atoms with Gasteiger partial charge in [0.05, 0.1) is 18.4 Å². The van der Waals surface area contributed by atoms with Crippen molar-refractivity contribution in [3.63, 3.8) is 0 Å². The molecule has 0 saturated heterocycles. The van der Waals surface area contributed by atoms with E-state index < -0.39 is 17.8 Å². The fourth-order valence-electron chi connectivity index (χ4n) is 1.96. The molecule has 6 nitrogen and oxygen atoms in total. The van der Waals surface area contributed by atoms with Crippen molar-refractivity contribution in [2.24, 2.45) is 11.8 Å². The molecule has 0 aliphatic heterocycles. The van der Waals surface area contributed by atoms with Crippen LogP contribution in [0.15, 0.2) is 0 Å². The van der Waals surface area contributed by atoms with Crippen LogP contribution in [0.2, 0.25) is 0 Å². The summed E-state index contributed by atoms with van der Waals surface area (Å²) in [4.78, 5) is 33.4. The predicted molar refractivity (Wildman–Crippen MR) is 55.5 cm³/mol. The molecule has 0 spiro atoms. The number of carbonyl (C=O) groups is 3. The van der Waals surface area contributed by atoms with Gasteiger partial charge in [-0.05, 0) is 12.8 Å². The molecule has 0 bridgehead atoms. The summed E-state index contributed by atoms with van der Waals surface area (Å²) in [6, 6.07) is 0. The van der Waals surface area contributed by atoms with Crippen LogP contribution in [0, 0.1) is 11.8 Å². The Kier molecular flexibility index (Phi) is 4.28. The van der Waals surface area contributed by atoms with Crippen molar-refractivity contribution in [1.82, 2.24) is 10.6 Å². The molecule has 1 aliphatic carbocycles. The fraction of sp³-hybridized carbons (Fsp3) is 0.700. The van der Waals surface area contributed by atoms with Gasteiger partial charge in [0.15, 0.2) is 0 Å². The van der Waals surface area contributed by atoms with Gasteiger partial charge in [-0.25, -0.2) is 0 Å². The quantitative estimate of drug-likeness (QED) is 0.595. The monoisotopic (exact) mass is 228 g/mol. The second kappa shape index (κ2) is 5.48. The Morgan fingerprint density at radius 2 is 1.88 bits per heavy atom. The minimum atomic E-state index is -0.933. The molecule has 2 atom stereocenters. The molecule has 2 amide bonds. The summed E-state index contributed by atoms with van der Waals surface area (Å²) in [5.74, 6) is -2.67. The van der Waals surface area contributed by atoms with Gasteiger partial charge in [-0.15, -0.1) is 0 Å². The SMILES string of the molecule is CNC(=O)CNC(=O)C1CCCC1C(=O)O. The Hall–Kier alpha value is -1.59. The summed E-state index contributed by atoms with van der Waals surface area (Å²) in [5.41, 5.74) is 0. The third kappa shape index (κ3) is 2.95. The minimum Gasteiger partial charge on any atom is -0.481 e. The second-order valence-corrected chi connectivity index (χ2v) is 3.87. The van der Waals surface area contributed by atoms with Crippen LogP contribution >= 0.6 is 0 Å². The Morgan fingerprint density at radius 3 is 2.44 bits per heavy atom. The van der Waals surface area contributed by atoms with Gasteiger partial charge in [-0.1, -0.05) is 6.42 Å². The molecule has 3 N–H and O–H groups in total. The van der Waals surface area contributed by atoms with Crippen molar-refractivity contribution in [1.29, 1.82) is 0 Å². The number of likely N-dealkylation sites (N-methyl/N-ethyl adjacent to an activating group) is 1. The highest BCUT2D eigenvalue weighted by Gasteiger charge is 2.37. The van der Waals surface area contributed by atoms with E-state index in [0.29, 0.717) is 12.8 Å². The second-order valence-electron chi connectivity index (χ2n) is 3.87. The molecule has 0 aromatic carbocycles. The van der Waals surface area contributed by atoms with Crippen molar-refractivity contribution in [3.8, 4) is 0 Å². The van der Waals surface area contributed by atoms with Gasteiger partial charge in [-0.3, -0.25) is 14.4 Å².